The van der Waals surface area contributed by atoms with E-state index in [1.807, 2.05) is 0 Å². The van der Waals surface area contributed by atoms with Crippen LogP contribution in [0.3, 0.4) is 0 Å². The summed E-state index contributed by atoms with van der Waals surface area (Å²) >= 11 is 0. The second-order valence-corrected chi connectivity index (χ2v) is 5.18. The molecule has 0 saturated carbocycles. The molecule has 2 bridgehead atoms. The maximum Gasteiger partial charge on any atom is 0.122 e. The summed E-state index contributed by atoms with van der Waals surface area (Å²) in [6, 6.07) is 0. The molecular formula is C12H24B. The van der Waals surface area contributed by atoms with Gasteiger partial charge in [0.05, 0.1) is 0 Å². The molecule has 0 N–H and O–H groups in total. The molecule has 2 rings (SSSR count). The van der Waals surface area contributed by atoms with Crippen LogP contribution in [0, 0.1) is 0 Å². The van der Waals surface area contributed by atoms with Gasteiger partial charge >= 0.3 is 0 Å². The number of hydrogen-bond acceptors (Lipinski definition) is 0. The maximum absolute atomic E-state index is 2.75. The van der Waals surface area contributed by atoms with Crippen molar-refractivity contribution in [1.82, 2.24) is 0 Å². The van der Waals surface area contributed by atoms with Crippen LogP contribution in [-0.4, -0.2) is 7.28 Å². The zero-order chi connectivity index (χ0) is 9.15. The molecule has 2 aliphatic heterocycles. The average Bonchev–Trinajstić information content (AvgIpc) is 2.15. The highest BCUT2D eigenvalue weighted by molar-refractivity contribution is 6.42. The van der Waals surface area contributed by atoms with Crippen molar-refractivity contribution in [2.45, 2.75) is 75.8 Å². The highest BCUT2D eigenvalue weighted by atomic mass is 14.3. The van der Waals surface area contributed by atoms with Crippen LogP contribution in [0.2, 0.25) is 11.1 Å². The molecule has 0 nitrogen and oxygen atoms in total. The molecule has 0 spiro atoms. The van der Waals surface area contributed by atoms with Crippen LogP contribution in [0.25, 0.3) is 0 Å². The van der Waals surface area contributed by atoms with Crippen molar-refractivity contribution >= 4 is 7.28 Å². The van der Waals surface area contributed by atoms with Crippen LogP contribution in [0.4, 0.5) is 0 Å². The van der Waals surface area contributed by atoms with E-state index in [-0.39, 0.29) is 1.43 Å². The van der Waals surface area contributed by atoms with E-state index >= 15 is 0 Å². The molecule has 0 aliphatic carbocycles. The molecule has 75 valence electrons. The predicted molar refractivity (Wildman–Crippen MR) is 61.5 cm³/mol. The van der Waals surface area contributed by atoms with Gasteiger partial charge in [0.25, 0.3) is 0 Å². The summed E-state index contributed by atoms with van der Waals surface area (Å²) in [6.45, 7) is 2.32. The molecule has 0 aromatic carbocycles. The Morgan fingerprint density at radius 1 is 1.31 bits per heavy atom. The molecule has 1 heteroatoms. The highest BCUT2D eigenvalue weighted by Crippen LogP contribution is 2.54. The summed E-state index contributed by atoms with van der Waals surface area (Å²) in [5.74, 6) is 0.999. The molecule has 0 unspecified atom stereocenters. The van der Waals surface area contributed by atoms with E-state index < -0.39 is 0 Å². The summed E-state index contributed by atoms with van der Waals surface area (Å²) in [4.78, 5) is 0. The Bertz CT molecular complexity index is 160. The normalized spacial score (nSPS) is 38.4. The minimum absolute atomic E-state index is 0. The third kappa shape index (κ3) is 2.11. The van der Waals surface area contributed by atoms with Crippen LogP contribution in [0.5, 0.6) is 0 Å². The third-order valence-corrected chi connectivity index (χ3v) is 4.12. The van der Waals surface area contributed by atoms with Crippen LogP contribution < -0.4 is 0 Å². The van der Waals surface area contributed by atoms with Crippen molar-refractivity contribution in [2.24, 2.45) is 0 Å². The monoisotopic (exact) mass is 179 g/mol. The van der Waals surface area contributed by atoms with Gasteiger partial charge in [-0.05, 0) is 0 Å². The first-order chi connectivity index (χ1) is 6.35. The van der Waals surface area contributed by atoms with Gasteiger partial charge in [-0.1, -0.05) is 75.8 Å². The Morgan fingerprint density at radius 3 is 2.62 bits per heavy atom. The van der Waals surface area contributed by atoms with Crippen LogP contribution in [0.15, 0.2) is 0 Å². The summed E-state index contributed by atoms with van der Waals surface area (Å²) < 4.78 is 0. The Kier molecular flexibility index (Phi) is 3.01. The van der Waals surface area contributed by atoms with E-state index in [2.05, 4.69) is 14.2 Å². The van der Waals surface area contributed by atoms with Crippen molar-refractivity contribution in [3.05, 3.63) is 0 Å². The van der Waals surface area contributed by atoms with Crippen molar-refractivity contribution in [2.75, 3.05) is 0 Å². The van der Waals surface area contributed by atoms with E-state index in [0.29, 0.717) is 5.31 Å². The van der Waals surface area contributed by atoms with Gasteiger partial charge in [-0.25, -0.2) is 0 Å². The second-order valence-electron chi connectivity index (χ2n) is 5.18. The molecule has 13 heavy (non-hydrogen) atoms. The van der Waals surface area contributed by atoms with Gasteiger partial charge < -0.3 is 0 Å². The van der Waals surface area contributed by atoms with Crippen LogP contribution >= 0.6 is 0 Å². The molecule has 0 aromatic rings. The van der Waals surface area contributed by atoms with E-state index in [9.17, 15) is 0 Å². The average molecular weight is 179 g/mol. The van der Waals surface area contributed by atoms with E-state index in [1.54, 1.807) is 0 Å². The molecule has 0 atom stereocenters. The summed E-state index contributed by atoms with van der Waals surface area (Å²) in [5.41, 5.74) is 0. The number of unbranched alkanes of at least 4 members (excludes halogenated alkanes) is 1. The van der Waals surface area contributed by atoms with Gasteiger partial charge in [-0.2, -0.15) is 0 Å². The van der Waals surface area contributed by atoms with Crippen molar-refractivity contribution in [3.63, 3.8) is 0 Å². The molecule has 2 aliphatic rings. The molecule has 1 radical (unpaired) electrons. The van der Waals surface area contributed by atoms with Crippen molar-refractivity contribution in [1.29, 1.82) is 0 Å². The lowest BCUT2D eigenvalue weighted by atomic mass is 9.35. The predicted octanol–water partition coefficient (Wildman–Crippen LogP) is 4.44. The maximum atomic E-state index is 2.75. The quantitative estimate of drug-likeness (QED) is 0.561. The Labute approximate surface area is 85.2 Å². The summed E-state index contributed by atoms with van der Waals surface area (Å²) in [6.07, 6.45) is 13.3. The first kappa shape index (κ1) is 9.61. The molecule has 0 amide bonds. The standard InChI is InChI=1S/C12H22B.H2/c1-2-3-8-12-9-4-6-11(13-12)7-5-10-12;/h11H,2-10H2,1H3;1H. The van der Waals surface area contributed by atoms with Gasteiger partial charge in [-0.3, -0.25) is 0 Å². The van der Waals surface area contributed by atoms with Crippen LogP contribution in [0.1, 0.15) is 66.1 Å². The van der Waals surface area contributed by atoms with E-state index in [0.717, 1.165) is 5.82 Å². The smallest absolute Gasteiger partial charge is 0.0682 e. The van der Waals surface area contributed by atoms with Gasteiger partial charge in [0.15, 0.2) is 0 Å². The Hall–Kier alpha value is 0.0649. The lowest BCUT2D eigenvalue weighted by Crippen LogP contribution is -2.32. The van der Waals surface area contributed by atoms with E-state index in [1.165, 1.54) is 57.8 Å². The van der Waals surface area contributed by atoms with Crippen molar-refractivity contribution in [3.8, 4) is 0 Å². The Morgan fingerprint density at radius 2 is 2.00 bits per heavy atom. The largest absolute Gasteiger partial charge is 0.122 e. The van der Waals surface area contributed by atoms with Gasteiger partial charge in [0.1, 0.15) is 7.28 Å². The number of hydrogen-bond donors (Lipinski definition) is 0. The fourth-order valence-electron chi connectivity index (χ4n) is 3.40. The minimum atomic E-state index is 0. The summed E-state index contributed by atoms with van der Waals surface area (Å²) in [5, 5.41) is 0.706. The number of rotatable bonds is 3. The zero-order valence-electron chi connectivity index (χ0n) is 9.02. The van der Waals surface area contributed by atoms with Gasteiger partial charge in [0.2, 0.25) is 0 Å². The first-order valence-corrected chi connectivity index (χ1v) is 6.21. The molecular weight excluding hydrogens is 155 g/mol. The van der Waals surface area contributed by atoms with Gasteiger partial charge in [0, 0.05) is 1.43 Å². The highest BCUT2D eigenvalue weighted by Gasteiger charge is 2.38. The third-order valence-electron chi connectivity index (χ3n) is 4.12. The lowest BCUT2D eigenvalue weighted by molar-refractivity contribution is 0.326. The lowest BCUT2D eigenvalue weighted by Gasteiger charge is -2.45. The first-order valence-electron chi connectivity index (χ1n) is 6.21. The SMILES string of the molecule is CCCCC12[B]C(CCC1)CCC2.[HH]. The topological polar surface area (TPSA) is 0 Å². The van der Waals surface area contributed by atoms with E-state index in [4.69, 9.17) is 0 Å². The minimum Gasteiger partial charge on any atom is -0.0682 e. The fourth-order valence-corrected chi connectivity index (χ4v) is 3.40. The van der Waals surface area contributed by atoms with Crippen molar-refractivity contribution < 1.29 is 1.43 Å². The molecule has 2 fully saturated rings. The summed E-state index contributed by atoms with van der Waals surface area (Å²) in [7, 11) is 2.75. The van der Waals surface area contributed by atoms with Crippen LogP contribution in [-0.2, 0) is 0 Å². The second kappa shape index (κ2) is 4.06. The fraction of sp³-hybridized carbons (Fsp3) is 1.00. The zero-order valence-corrected chi connectivity index (χ0v) is 9.02. The molecule has 2 heterocycles. The molecule has 0 aromatic heterocycles. The number of fused-ring (bicyclic) bond motifs is 2. The Balaban J connectivity index is 0.000000980. The van der Waals surface area contributed by atoms with Gasteiger partial charge in [-0.15, -0.1) is 0 Å². The molecule has 2 saturated heterocycles.